The quantitative estimate of drug-likeness (QED) is 0.0435. The van der Waals surface area contributed by atoms with Gasteiger partial charge in [-0.1, -0.05) is 237 Å². The van der Waals surface area contributed by atoms with Crippen LogP contribution in [0.5, 0.6) is 0 Å². The normalized spacial score (nSPS) is 13.1. The van der Waals surface area contributed by atoms with Crippen LogP contribution in [0.3, 0.4) is 0 Å². The molecule has 0 aliphatic rings. The Morgan fingerprint density at radius 3 is 1.14 bits per heavy atom. The van der Waals surface area contributed by atoms with E-state index in [9.17, 15) is 15.0 Å². The average Bonchev–Trinajstić information content (AvgIpc) is 3.13. The number of hydrogen-bond acceptors (Lipinski definition) is 3. The van der Waals surface area contributed by atoms with Gasteiger partial charge in [-0.05, 0) is 32.1 Å². The lowest BCUT2D eigenvalue weighted by molar-refractivity contribution is -0.123. The number of allylic oxidation sites excluding steroid dienone is 3. The van der Waals surface area contributed by atoms with E-state index >= 15 is 0 Å². The molecule has 0 aliphatic heterocycles. The molecule has 0 aliphatic carbocycles. The maximum atomic E-state index is 12.4. The average molecular weight is 718 g/mol. The Balaban J connectivity index is 3.56. The summed E-state index contributed by atoms with van der Waals surface area (Å²) in [7, 11) is 0. The molecule has 302 valence electrons. The number of unbranched alkanes of at least 4 members (excludes halogenated alkanes) is 33. The lowest BCUT2D eigenvalue weighted by Gasteiger charge is -2.19. The van der Waals surface area contributed by atoms with Gasteiger partial charge in [0.15, 0.2) is 0 Å². The number of carbonyl (C=O) groups is 1. The van der Waals surface area contributed by atoms with E-state index in [0.717, 1.165) is 32.1 Å². The van der Waals surface area contributed by atoms with Crippen molar-refractivity contribution in [3.05, 3.63) is 24.3 Å². The van der Waals surface area contributed by atoms with Crippen molar-refractivity contribution in [2.24, 2.45) is 0 Å². The zero-order valence-electron chi connectivity index (χ0n) is 34.6. The summed E-state index contributed by atoms with van der Waals surface area (Å²) in [4.78, 5) is 12.4. The van der Waals surface area contributed by atoms with E-state index < -0.39 is 12.1 Å². The van der Waals surface area contributed by atoms with Crippen molar-refractivity contribution in [1.29, 1.82) is 0 Å². The molecule has 0 saturated carbocycles. The fraction of sp³-hybridized carbons (Fsp3) is 0.894. The van der Waals surface area contributed by atoms with Crippen LogP contribution in [0.2, 0.25) is 0 Å². The van der Waals surface area contributed by atoms with Crippen LogP contribution in [0.15, 0.2) is 24.3 Å². The molecule has 0 bridgehead atoms. The number of hydrogen-bond donors (Lipinski definition) is 3. The molecule has 2 unspecified atom stereocenters. The lowest BCUT2D eigenvalue weighted by Crippen LogP contribution is -2.45. The standard InChI is InChI=1S/C47H91NO3/c1-3-5-7-9-11-13-15-17-19-21-23-25-27-29-31-33-35-37-39-41-43-47(51)48-45(44-49)46(50)42-40-38-36-34-32-30-28-26-24-22-20-18-16-14-12-10-8-6-4-2/h32,34,40,42,45-46,49-50H,3-31,33,35-39,41,43-44H2,1-2H3,(H,48,51)/b34-32+,42-40+. The molecule has 0 aromatic heterocycles. The SMILES string of the molecule is CCCCCCCCCCCCCCC/C=C/CC/C=C/C(O)C(CO)NC(=O)CCCCCCCCCCCCCCCCCCCCCC. The van der Waals surface area contributed by atoms with E-state index in [0.29, 0.717) is 6.42 Å². The van der Waals surface area contributed by atoms with Crippen LogP contribution in [0.4, 0.5) is 0 Å². The minimum absolute atomic E-state index is 0.0694. The van der Waals surface area contributed by atoms with Gasteiger partial charge >= 0.3 is 0 Å². The molecule has 0 fully saturated rings. The van der Waals surface area contributed by atoms with Crippen molar-refractivity contribution in [3.8, 4) is 0 Å². The molecule has 2 atom stereocenters. The number of rotatable bonds is 42. The number of aliphatic hydroxyl groups is 2. The summed E-state index contributed by atoms with van der Waals surface area (Å²) in [5, 5.41) is 23.0. The third kappa shape index (κ3) is 39.9. The lowest BCUT2D eigenvalue weighted by atomic mass is 10.0. The van der Waals surface area contributed by atoms with Crippen LogP contribution in [-0.2, 0) is 4.79 Å². The first-order valence-corrected chi connectivity index (χ1v) is 23.1. The maximum absolute atomic E-state index is 12.4. The first kappa shape index (κ1) is 49.9. The second-order valence-corrected chi connectivity index (χ2v) is 15.8. The fourth-order valence-electron chi connectivity index (χ4n) is 7.14. The zero-order valence-corrected chi connectivity index (χ0v) is 34.6. The Hall–Kier alpha value is -1.13. The molecule has 51 heavy (non-hydrogen) atoms. The van der Waals surface area contributed by atoms with Gasteiger partial charge in [-0.15, -0.1) is 0 Å². The zero-order chi connectivity index (χ0) is 37.1. The van der Waals surface area contributed by atoms with E-state index in [1.807, 2.05) is 6.08 Å². The third-order valence-electron chi connectivity index (χ3n) is 10.7. The molecule has 0 rings (SSSR count). The van der Waals surface area contributed by atoms with Crippen molar-refractivity contribution in [1.82, 2.24) is 5.32 Å². The number of aliphatic hydroxyl groups excluding tert-OH is 2. The molecule has 4 heteroatoms. The van der Waals surface area contributed by atoms with Crippen molar-refractivity contribution in [2.45, 2.75) is 264 Å². The summed E-state index contributed by atoms with van der Waals surface area (Å²) in [6.45, 7) is 4.32. The highest BCUT2D eigenvalue weighted by molar-refractivity contribution is 5.76. The second-order valence-electron chi connectivity index (χ2n) is 15.8. The maximum Gasteiger partial charge on any atom is 0.220 e. The van der Waals surface area contributed by atoms with Gasteiger partial charge in [0.05, 0.1) is 18.8 Å². The summed E-state index contributed by atoms with van der Waals surface area (Å²) in [6.07, 6.45) is 55.8. The highest BCUT2D eigenvalue weighted by Crippen LogP contribution is 2.16. The van der Waals surface area contributed by atoms with Gasteiger partial charge in [-0.25, -0.2) is 0 Å². The van der Waals surface area contributed by atoms with Gasteiger partial charge in [0.1, 0.15) is 0 Å². The molecule has 3 N–H and O–H groups in total. The third-order valence-corrected chi connectivity index (χ3v) is 10.7. The second kappa shape index (κ2) is 43.3. The number of nitrogens with one attached hydrogen (secondary N) is 1. The van der Waals surface area contributed by atoms with Gasteiger partial charge in [-0.2, -0.15) is 0 Å². The Bertz CT molecular complexity index is 735. The molecule has 0 spiro atoms. The van der Waals surface area contributed by atoms with Crippen LogP contribution >= 0.6 is 0 Å². The predicted octanol–water partition coefficient (Wildman–Crippen LogP) is 14.4. The van der Waals surface area contributed by atoms with Crippen LogP contribution in [0.1, 0.15) is 251 Å². The molecule has 0 aromatic carbocycles. The molecular formula is C47H91NO3. The highest BCUT2D eigenvalue weighted by Gasteiger charge is 2.17. The van der Waals surface area contributed by atoms with E-state index in [-0.39, 0.29) is 12.5 Å². The van der Waals surface area contributed by atoms with Gasteiger partial charge in [-0.3, -0.25) is 4.79 Å². The van der Waals surface area contributed by atoms with Gasteiger partial charge in [0.2, 0.25) is 5.91 Å². The van der Waals surface area contributed by atoms with Crippen LogP contribution in [-0.4, -0.2) is 34.9 Å². The van der Waals surface area contributed by atoms with E-state index in [2.05, 4.69) is 31.3 Å². The van der Waals surface area contributed by atoms with Crippen molar-refractivity contribution in [2.75, 3.05) is 6.61 Å². The largest absolute Gasteiger partial charge is 0.394 e. The van der Waals surface area contributed by atoms with Crippen LogP contribution in [0, 0.1) is 0 Å². The summed E-state index contributed by atoms with van der Waals surface area (Å²) >= 11 is 0. The number of carbonyl (C=O) groups excluding carboxylic acids is 1. The van der Waals surface area contributed by atoms with E-state index in [1.54, 1.807) is 6.08 Å². The Kier molecular flexibility index (Phi) is 42.3. The summed E-state index contributed by atoms with van der Waals surface area (Å²) < 4.78 is 0. The van der Waals surface area contributed by atoms with E-state index in [1.165, 1.54) is 199 Å². The molecule has 0 heterocycles. The van der Waals surface area contributed by atoms with Crippen molar-refractivity contribution in [3.63, 3.8) is 0 Å². The Morgan fingerprint density at radius 1 is 0.451 bits per heavy atom. The van der Waals surface area contributed by atoms with E-state index in [4.69, 9.17) is 0 Å². The van der Waals surface area contributed by atoms with Crippen molar-refractivity contribution < 1.29 is 15.0 Å². The summed E-state index contributed by atoms with van der Waals surface area (Å²) in [5.74, 6) is -0.0694. The molecule has 1 amide bonds. The Labute approximate surface area is 319 Å². The summed E-state index contributed by atoms with van der Waals surface area (Å²) in [5.41, 5.74) is 0. The molecule has 0 saturated heterocycles. The molecule has 0 radical (unpaired) electrons. The predicted molar refractivity (Wildman–Crippen MR) is 225 cm³/mol. The monoisotopic (exact) mass is 718 g/mol. The molecule has 4 nitrogen and oxygen atoms in total. The minimum atomic E-state index is -0.858. The van der Waals surface area contributed by atoms with Crippen LogP contribution < -0.4 is 5.32 Å². The number of amides is 1. The minimum Gasteiger partial charge on any atom is -0.394 e. The smallest absolute Gasteiger partial charge is 0.220 e. The Morgan fingerprint density at radius 2 is 0.765 bits per heavy atom. The first-order chi connectivity index (χ1) is 25.2. The van der Waals surface area contributed by atoms with Gasteiger partial charge < -0.3 is 15.5 Å². The first-order valence-electron chi connectivity index (χ1n) is 23.1. The molecular weight excluding hydrogens is 627 g/mol. The summed E-state index contributed by atoms with van der Waals surface area (Å²) in [6, 6.07) is -0.634. The topological polar surface area (TPSA) is 69.6 Å². The van der Waals surface area contributed by atoms with Crippen LogP contribution in [0.25, 0.3) is 0 Å². The van der Waals surface area contributed by atoms with Gasteiger partial charge in [0.25, 0.3) is 0 Å². The van der Waals surface area contributed by atoms with Crippen molar-refractivity contribution >= 4 is 5.91 Å². The fourth-order valence-corrected chi connectivity index (χ4v) is 7.14. The highest BCUT2D eigenvalue weighted by atomic mass is 16.3. The van der Waals surface area contributed by atoms with Gasteiger partial charge in [0, 0.05) is 6.42 Å². The molecule has 0 aromatic rings.